The normalized spacial score (nSPS) is 19.5. The van der Waals surface area contributed by atoms with Gasteiger partial charge in [-0.15, -0.1) is 12.6 Å². The van der Waals surface area contributed by atoms with Crippen LogP contribution < -0.4 is 15.0 Å². The number of hydrogen-bond donors (Lipinski definition) is 2. The number of anilines is 1. The van der Waals surface area contributed by atoms with Crippen LogP contribution in [0.4, 0.5) is 10.6 Å². The van der Waals surface area contributed by atoms with Crippen molar-refractivity contribution in [1.82, 2.24) is 15.3 Å². The number of hydrogen-bond acceptors (Lipinski definition) is 7. The predicted molar refractivity (Wildman–Crippen MR) is 118 cm³/mol. The molecule has 1 aromatic heterocycles. The first-order valence-electron chi connectivity index (χ1n) is 9.79. The van der Waals surface area contributed by atoms with Crippen LogP contribution in [0.25, 0.3) is 0 Å². The molecule has 7 nitrogen and oxygen atoms in total. The molecule has 2 aliphatic heterocycles. The fraction of sp³-hybridized carbons (Fsp3) is 0.476. The Morgan fingerprint density at radius 2 is 1.93 bits per heavy atom. The van der Waals surface area contributed by atoms with Crippen molar-refractivity contribution in [3.05, 3.63) is 42.2 Å². The third kappa shape index (κ3) is 4.88. The summed E-state index contributed by atoms with van der Waals surface area (Å²) < 4.78 is 11.9. The number of nitrogens with zero attached hydrogens (tertiary/aromatic N) is 3. The van der Waals surface area contributed by atoms with E-state index in [1.165, 1.54) is 0 Å². The number of rotatable bonds is 2. The number of aromatic nitrogens is 2. The maximum atomic E-state index is 12.5. The molecule has 3 heterocycles. The van der Waals surface area contributed by atoms with Crippen molar-refractivity contribution < 1.29 is 14.3 Å². The van der Waals surface area contributed by atoms with Gasteiger partial charge in [-0.3, -0.25) is 0 Å². The van der Waals surface area contributed by atoms with Crippen LogP contribution in [0.1, 0.15) is 45.2 Å². The zero-order valence-electron chi connectivity index (χ0n) is 17.9. The molecule has 1 amide bonds. The SMILES string of the molecule is CC(C)(C)OC(=O)N[C@@H]1c2ccccc2OC12CCN(c1cnc(S)cn1)CC2.[Na]. The Hall–Kier alpha value is -1.48. The van der Waals surface area contributed by atoms with Gasteiger partial charge < -0.3 is 19.7 Å². The summed E-state index contributed by atoms with van der Waals surface area (Å²) in [7, 11) is 0. The fourth-order valence-electron chi connectivity index (χ4n) is 3.99. The Kier molecular flexibility index (Phi) is 6.91. The van der Waals surface area contributed by atoms with E-state index in [4.69, 9.17) is 9.47 Å². The fourth-order valence-corrected chi connectivity index (χ4v) is 4.11. The minimum atomic E-state index is -0.558. The van der Waals surface area contributed by atoms with Gasteiger partial charge in [-0.25, -0.2) is 14.8 Å². The molecule has 1 N–H and O–H groups in total. The molecule has 1 radical (unpaired) electrons. The summed E-state index contributed by atoms with van der Waals surface area (Å²) in [4.78, 5) is 23.4. The molecular formula is C21H26N4NaO3S. The molecule has 0 aliphatic carbocycles. The molecule has 0 saturated carbocycles. The molecule has 2 aliphatic rings. The van der Waals surface area contributed by atoms with Crippen LogP contribution in [-0.4, -0.2) is 69.9 Å². The predicted octanol–water partition coefficient (Wildman–Crippen LogP) is 3.38. The number of carbonyl (C=O) groups is 1. The summed E-state index contributed by atoms with van der Waals surface area (Å²) in [5, 5.41) is 3.67. The molecule has 1 fully saturated rings. The first kappa shape index (κ1) is 23.2. The van der Waals surface area contributed by atoms with Gasteiger partial charge in [0.2, 0.25) is 0 Å². The second kappa shape index (κ2) is 8.94. The molecule has 4 rings (SSSR count). The molecule has 1 aromatic carbocycles. The van der Waals surface area contributed by atoms with Crippen LogP contribution in [0, 0.1) is 0 Å². The third-order valence-electron chi connectivity index (χ3n) is 5.29. The van der Waals surface area contributed by atoms with E-state index in [1.807, 2.05) is 45.0 Å². The average molecular weight is 438 g/mol. The average Bonchev–Trinajstić information content (AvgIpc) is 2.95. The first-order valence-corrected chi connectivity index (χ1v) is 10.2. The van der Waals surface area contributed by atoms with E-state index < -0.39 is 17.3 Å². The van der Waals surface area contributed by atoms with Crippen molar-refractivity contribution in [3.8, 4) is 5.75 Å². The number of amides is 1. The number of carbonyl (C=O) groups excluding carboxylic acids is 1. The number of alkyl carbamates (subject to hydrolysis) is 1. The molecule has 1 saturated heterocycles. The van der Waals surface area contributed by atoms with Gasteiger partial charge in [0.25, 0.3) is 0 Å². The molecule has 1 spiro atoms. The standard InChI is InChI=1S/C21H26N4O3S.Na/c1-20(2,3)28-19(26)24-18-14-6-4-5-7-15(14)27-21(18)8-10-25(11-9-21)16-12-23-17(29)13-22-16;/h4-7,12-13,18H,8-11H2,1-3H3,(H,23,29)(H,24,26);/t18-;/m1./s1. The maximum absolute atomic E-state index is 12.5. The quantitative estimate of drug-likeness (QED) is 0.554. The molecule has 9 heteroatoms. The zero-order valence-corrected chi connectivity index (χ0v) is 20.8. The molecule has 30 heavy (non-hydrogen) atoms. The van der Waals surface area contributed by atoms with Crippen LogP contribution >= 0.6 is 12.6 Å². The largest absolute Gasteiger partial charge is 0.484 e. The van der Waals surface area contributed by atoms with Crippen molar-refractivity contribution in [1.29, 1.82) is 0 Å². The Bertz CT molecular complexity index is 896. The number of para-hydroxylation sites is 1. The van der Waals surface area contributed by atoms with Crippen LogP contribution in [0.5, 0.6) is 5.75 Å². The Balaban J connectivity index is 0.00000256. The number of ether oxygens (including phenoxy) is 2. The van der Waals surface area contributed by atoms with Crippen molar-refractivity contribution in [2.75, 3.05) is 18.0 Å². The van der Waals surface area contributed by atoms with Crippen LogP contribution in [-0.2, 0) is 4.74 Å². The number of benzene rings is 1. The number of piperidine rings is 1. The Morgan fingerprint density at radius 3 is 2.57 bits per heavy atom. The van der Waals surface area contributed by atoms with E-state index in [-0.39, 0.29) is 35.6 Å². The van der Waals surface area contributed by atoms with Gasteiger partial charge in [0.15, 0.2) is 0 Å². The van der Waals surface area contributed by atoms with Crippen LogP contribution in [0.3, 0.4) is 0 Å². The van der Waals surface area contributed by atoms with Gasteiger partial charge in [-0.1, -0.05) is 18.2 Å². The van der Waals surface area contributed by atoms with Crippen LogP contribution in [0.2, 0.25) is 0 Å². The summed E-state index contributed by atoms with van der Waals surface area (Å²) >= 11 is 4.20. The van der Waals surface area contributed by atoms with E-state index in [9.17, 15) is 4.79 Å². The number of nitrogens with one attached hydrogen (secondary N) is 1. The molecule has 1 atom stereocenters. The van der Waals surface area contributed by atoms with Crippen LogP contribution in [0.15, 0.2) is 41.7 Å². The van der Waals surface area contributed by atoms with Gasteiger partial charge >= 0.3 is 6.09 Å². The first-order chi connectivity index (χ1) is 13.8. The summed E-state index contributed by atoms with van der Waals surface area (Å²) in [6.07, 6.45) is 4.44. The van der Waals surface area contributed by atoms with Gasteiger partial charge in [0.1, 0.15) is 33.8 Å². The summed E-state index contributed by atoms with van der Waals surface area (Å²) in [6.45, 7) is 7.08. The van der Waals surface area contributed by atoms with Gasteiger partial charge in [0.05, 0.1) is 12.4 Å². The molecule has 0 unspecified atom stereocenters. The van der Waals surface area contributed by atoms with E-state index in [1.54, 1.807) is 12.4 Å². The molecule has 2 aromatic rings. The van der Waals surface area contributed by atoms with Crippen molar-refractivity contribution in [2.45, 2.75) is 55.9 Å². The maximum Gasteiger partial charge on any atom is 0.408 e. The number of fused-ring (bicyclic) bond motifs is 1. The minimum absolute atomic E-state index is 0. The Labute approximate surface area is 204 Å². The van der Waals surface area contributed by atoms with E-state index in [0.717, 1.165) is 43.1 Å². The van der Waals surface area contributed by atoms with Crippen molar-refractivity contribution in [2.24, 2.45) is 0 Å². The van der Waals surface area contributed by atoms with Crippen molar-refractivity contribution >= 4 is 54.1 Å². The van der Waals surface area contributed by atoms with Gasteiger partial charge in [-0.2, -0.15) is 0 Å². The number of thiol groups is 1. The minimum Gasteiger partial charge on any atom is -0.484 e. The molecular weight excluding hydrogens is 411 g/mol. The molecule has 155 valence electrons. The second-order valence-electron chi connectivity index (χ2n) is 8.50. The Morgan fingerprint density at radius 1 is 1.23 bits per heavy atom. The summed E-state index contributed by atoms with van der Waals surface area (Å²) in [5.74, 6) is 1.64. The summed E-state index contributed by atoms with van der Waals surface area (Å²) in [6, 6.07) is 7.62. The van der Waals surface area contributed by atoms with Crippen molar-refractivity contribution in [3.63, 3.8) is 0 Å². The second-order valence-corrected chi connectivity index (χ2v) is 8.96. The van der Waals surface area contributed by atoms with E-state index in [2.05, 4.69) is 32.8 Å². The van der Waals surface area contributed by atoms with E-state index >= 15 is 0 Å². The smallest absolute Gasteiger partial charge is 0.408 e. The zero-order chi connectivity index (χ0) is 20.6. The third-order valence-corrected chi connectivity index (χ3v) is 5.52. The monoisotopic (exact) mass is 437 g/mol. The summed E-state index contributed by atoms with van der Waals surface area (Å²) in [5.41, 5.74) is -0.0724. The van der Waals surface area contributed by atoms with Gasteiger partial charge in [0, 0.05) is 61.1 Å². The topological polar surface area (TPSA) is 76.6 Å². The molecule has 0 bridgehead atoms. The van der Waals surface area contributed by atoms with Gasteiger partial charge in [-0.05, 0) is 26.8 Å². The van der Waals surface area contributed by atoms with E-state index in [0.29, 0.717) is 5.03 Å².